The molecule has 1 amide bonds. The third-order valence-electron chi connectivity index (χ3n) is 4.48. The number of esters is 1. The maximum absolute atomic E-state index is 12.4. The summed E-state index contributed by atoms with van der Waals surface area (Å²) in [5.41, 5.74) is 2.54. The van der Waals surface area contributed by atoms with Gasteiger partial charge in [-0.05, 0) is 44.2 Å². The Kier molecular flexibility index (Phi) is 6.47. The Balaban J connectivity index is 1.70. The number of hydrogen-bond donors (Lipinski definition) is 1. The summed E-state index contributed by atoms with van der Waals surface area (Å²) in [6.45, 7) is 2.99. The molecule has 31 heavy (non-hydrogen) atoms. The average molecular weight is 462 g/mol. The van der Waals surface area contributed by atoms with Crippen molar-refractivity contribution in [1.82, 2.24) is 9.78 Å². The number of nitrogens with zero attached hydrogens (tertiary/aromatic N) is 2. The fraction of sp³-hybridized carbons (Fsp3) is 0.190. The predicted octanol–water partition coefficient (Wildman–Crippen LogP) is 3.34. The van der Waals surface area contributed by atoms with Gasteiger partial charge in [-0.2, -0.15) is 5.10 Å². The third kappa shape index (κ3) is 5.12. The molecule has 0 aliphatic carbocycles. The Morgan fingerprint density at radius 3 is 2.45 bits per heavy atom. The Bertz CT molecular complexity index is 1250. The van der Waals surface area contributed by atoms with E-state index in [-0.39, 0.29) is 15.5 Å². The van der Waals surface area contributed by atoms with Crippen molar-refractivity contribution in [3.8, 4) is 5.69 Å². The van der Waals surface area contributed by atoms with E-state index in [1.54, 1.807) is 11.6 Å². The molecule has 0 bridgehead atoms. The number of nitrogens with one attached hydrogen (secondary N) is 1. The van der Waals surface area contributed by atoms with Gasteiger partial charge in [-0.25, -0.2) is 17.9 Å². The van der Waals surface area contributed by atoms with E-state index < -0.39 is 28.3 Å². The SMILES string of the molecule is Cc1nn(-c2ccccc2)c(C)c1NC(=O)COC(=O)c1cc(S(C)(=O)=O)ccc1Cl. The fourth-order valence-corrected chi connectivity index (χ4v) is 3.76. The van der Waals surface area contributed by atoms with Crippen LogP contribution in [0.1, 0.15) is 21.7 Å². The standard InChI is InChI=1S/C21H20ClN3O5S/c1-13-20(14(2)25(24-13)15-7-5-4-6-8-15)23-19(26)12-30-21(27)17-11-16(31(3,28)29)9-10-18(17)22/h4-11H,12H2,1-3H3,(H,23,26). The highest BCUT2D eigenvalue weighted by atomic mass is 35.5. The first-order chi connectivity index (χ1) is 14.6. The highest BCUT2D eigenvalue weighted by Gasteiger charge is 2.19. The highest BCUT2D eigenvalue weighted by Crippen LogP contribution is 2.23. The van der Waals surface area contributed by atoms with Crippen LogP contribution in [0.4, 0.5) is 5.69 Å². The van der Waals surface area contributed by atoms with Crippen molar-refractivity contribution in [3.05, 3.63) is 70.5 Å². The zero-order valence-electron chi connectivity index (χ0n) is 17.0. The predicted molar refractivity (Wildman–Crippen MR) is 117 cm³/mol. The van der Waals surface area contributed by atoms with Gasteiger partial charge in [-0.15, -0.1) is 0 Å². The molecule has 8 nitrogen and oxygen atoms in total. The van der Waals surface area contributed by atoms with Crippen LogP contribution in [0.25, 0.3) is 5.69 Å². The van der Waals surface area contributed by atoms with E-state index >= 15 is 0 Å². The lowest BCUT2D eigenvalue weighted by Gasteiger charge is -2.09. The highest BCUT2D eigenvalue weighted by molar-refractivity contribution is 7.90. The zero-order chi connectivity index (χ0) is 22.8. The number of aryl methyl sites for hydroxylation is 1. The van der Waals surface area contributed by atoms with Gasteiger partial charge in [0, 0.05) is 6.26 Å². The molecule has 0 spiro atoms. The van der Waals surface area contributed by atoms with Crippen molar-refractivity contribution < 1.29 is 22.7 Å². The fourth-order valence-electron chi connectivity index (χ4n) is 2.92. The first-order valence-electron chi connectivity index (χ1n) is 9.16. The normalized spacial score (nSPS) is 11.2. The summed E-state index contributed by atoms with van der Waals surface area (Å²) in [5.74, 6) is -1.47. The second-order valence-electron chi connectivity index (χ2n) is 6.83. The molecule has 162 valence electrons. The minimum absolute atomic E-state index is 0.0219. The van der Waals surface area contributed by atoms with Gasteiger partial charge in [-0.3, -0.25) is 4.79 Å². The molecular formula is C21H20ClN3O5S. The molecule has 1 aromatic heterocycles. The number of halogens is 1. The molecule has 0 aliphatic heterocycles. The quantitative estimate of drug-likeness (QED) is 0.564. The topological polar surface area (TPSA) is 107 Å². The minimum Gasteiger partial charge on any atom is -0.452 e. The van der Waals surface area contributed by atoms with Crippen LogP contribution in [0.3, 0.4) is 0 Å². The lowest BCUT2D eigenvalue weighted by molar-refractivity contribution is -0.119. The van der Waals surface area contributed by atoms with E-state index in [9.17, 15) is 18.0 Å². The number of amides is 1. The summed E-state index contributed by atoms with van der Waals surface area (Å²) in [6.07, 6.45) is 1.01. The Labute approximate surface area is 184 Å². The minimum atomic E-state index is -3.53. The van der Waals surface area contributed by atoms with Gasteiger partial charge < -0.3 is 10.1 Å². The maximum atomic E-state index is 12.4. The first kappa shape index (κ1) is 22.5. The van der Waals surface area contributed by atoms with E-state index in [2.05, 4.69) is 10.4 Å². The zero-order valence-corrected chi connectivity index (χ0v) is 18.6. The van der Waals surface area contributed by atoms with E-state index in [0.717, 1.165) is 18.0 Å². The molecule has 2 aromatic carbocycles. The number of rotatable bonds is 6. The molecular weight excluding hydrogens is 442 g/mol. The Morgan fingerprint density at radius 2 is 1.81 bits per heavy atom. The largest absolute Gasteiger partial charge is 0.452 e. The van der Waals surface area contributed by atoms with Gasteiger partial charge in [0.25, 0.3) is 5.91 Å². The molecule has 0 radical (unpaired) electrons. The molecule has 3 aromatic rings. The van der Waals surface area contributed by atoms with Crippen LogP contribution in [0.15, 0.2) is 53.4 Å². The molecule has 0 atom stereocenters. The number of sulfone groups is 1. The van der Waals surface area contributed by atoms with Crippen molar-refractivity contribution in [2.45, 2.75) is 18.7 Å². The van der Waals surface area contributed by atoms with Gasteiger partial charge in [0.1, 0.15) is 0 Å². The summed E-state index contributed by atoms with van der Waals surface area (Å²) in [4.78, 5) is 24.6. The molecule has 0 saturated heterocycles. The molecule has 1 heterocycles. The molecule has 1 N–H and O–H groups in total. The summed E-state index contributed by atoms with van der Waals surface area (Å²) in [6, 6.07) is 13.1. The van der Waals surface area contributed by atoms with Gasteiger partial charge in [0.2, 0.25) is 0 Å². The Hall–Kier alpha value is -3.17. The van der Waals surface area contributed by atoms with Crippen molar-refractivity contribution in [2.75, 3.05) is 18.2 Å². The maximum Gasteiger partial charge on any atom is 0.340 e. The average Bonchev–Trinajstić information content (AvgIpc) is 3.00. The van der Waals surface area contributed by atoms with Gasteiger partial charge >= 0.3 is 5.97 Å². The van der Waals surface area contributed by atoms with E-state index in [0.29, 0.717) is 17.1 Å². The summed E-state index contributed by atoms with van der Waals surface area (Å²) in [7, 11) is -3.53. The van der Waals surface area contributed by atoms with Crippen LogP contribution in [-0.2, 0) is 19.4 Å². The van der Waals surface area contributed by atoms with Crippen molar-refractivity contribution >= 4 is 39.0 Å². The molecule has 0 saturated carbocycles. The number of aromatic nitrogens is 2. The summed E-state index contributed by atoms with van der Waals surface area (Å²) in [5, 5.41) is 7.16. The Morgan fingerprint density at radius 1 is 1.13 bits per heavy atom. The molecule has 0 unspecified atom stereocenters. The number of carbonyl (C=O) groups excluding carboxylic acids is 2. The van der Waals surface area contributed by atoms with Crippen molar-refractivity contribution in [3.63, 3.8) is 0 Å². The van der Waals surface area contributed by atoms with Crippen LogP contribution in [-0.4, -0.2) is 42.9 Å². The lowest BCUT2D eigenvalue weighted by atomic mass is 10.2. The molecule has 3 rings (SSSR count). The molecule has 10 heteroatoms. The molecule has 0 aliphatic rings. The third-order valence-corrected chi connectivity index (χ3v) is 5.92. The van der Waals surface area contributed by atoms with Crippen LogP contribution in [0, 0.1) is 13.8 Å². The van der Waals surface area contributed by atoms with Crippen LogP contribution in [0.5, 0.6) is 0 Å². The number of benzene rings is 2. The summed E-state index contributed by atoms with van der Waals surface area (Å²) >= 11 is 5.98. The van der Waals surface area contributed by atoms with Crippen molar-refractivity contribution in [2.24, 2.45) is 0 Å². The first-order valence-corrected chi connectivity index (χ1v) is 11.4. The van der Waals surface area contributed by atoms with Gasteiger partial charge in [-0.1, -0.05) is 29.8 Å². The number of carbonyl (C=O) groups is 2. The van der Waals surface area contributed by atoms with Crippen LogP contribution >= 0.6 is 11.6 Å². The monoisotopic (exact) mass is 461 g/mol. The van der Waals surface area contributed by atoms with Gasteiger partial charge in [0.05, 0.1) is 38.2 Å². The van der Waals surface area contributed by atoms with E-state index in [1.807, 2.05) is 37.3 Å². The van der Waals surface area contributed by atoms with Crippen molar-refractivity contribution in [1.29, 1.82) is 0 Å². The number of ether oxygens (including phenoxy) is 1. The lowest BCUT2D eigenvalue weighted by Crippen LogP contribution is -2.21. The molecule has 0 fully saturated rings. The number of hydrogen-bond acceptors (Lipinski definition) is 6. The van der Waals surface area contributed by atoms with Gasteiger partial charge in [0.15, 0.2) is 16.4 Å². The summed E-state index contributed by atoms with van der Waals surface area (Å²) < 4.78 is 30.1. The van der Waals surface area contributed by atoms with Crippen LogP contribution < -0.4 is 5.32 Å². The second-order valence-corrected chi connectivity index (χ2v) is 9.25. The van der Waals surface area contributed by atoms with E-state index in [4.69, 9.17) is 16.3 Å². The number of para-hydroxylation sites is 1. The van der Waals surface area contributed by atoms with E-state index in [1.165, 1.54) is 12.1 Å². The van der Waals surface area contributed by atoms with Crippen LogP contribution in [0.2, 0.25) is 5.02 Å². The smallest absolute Gasteiger partial charge is 0.340 e. The number of anilines is 1. The second kappa shape index (κ2) is 8.91.